The van der Waals surface area contributed by atoms with Crippen LogP contribution in [0.1, 0.15) is 36.9 Å². The number of benzene rings is 1. The Bertz CT molecular complexity index is 411. The molecule has 0 aromatic heterocycles. The van der Waals surface area contributed by atoms with Gasteiger partial charge in [0.25, 0.3) is 0 Å². The Morgan fingerprint density at radius 2 is 2.35 bits per heavy atom. The van der Waals surface area contributed by atoms with Crippen LogP contribution in [-0.4, -0.2) is 13.7 Å². The van der Waals surface area contributed by atoms with Crippen LogP contribution in [0.2, 0.25) is 0 Å². The molecule has 1 unspecified atom stereocenters. The van der Waals surface area contributed by atoms with Crippen LogP contribution in [0, 0.1) is 0 Å². The van der Waals surface area contributed by atoms with Gasteiger partial charge in [0.15, 0.2) is 0 Å². The number of hydrogen-bond acceptors (Lipinski definition) is 2. The molecule has 0 bridgehead atoms. The van der Waals surface area contributed by atoms with Crippen molar-refractivity contribution in [2.75, 3.05) is 13.7 Å². The zero-order chi connectivity index (χ0) is 12.3. The summed E-state index contributed by atoms with van der Waals surface area (Å²) < 4.78 is 5.70. The van der Waals surface area contributed by atoms with Crippen LogP contribution in [0.4, 0.5) is 0 Å². The molecule has 1 aromatic rings. The molecule has 0 amide bonds. The first kappa shape index (κ1) is 12.2. The van der Waals surface area contributed by atoms with Gasteiger partial charge < -0.3 is 10.1 Å². The highest BCUT2D eigenvalue weighted by atomic mass is 16.5. The van der Waals surface area contributed by atoms with Crippen LogP contribution in [0.5, 0.6) is 5.75 Å². The predicted octanol–water partition coefficient (Wildman–Crippen LogP) is 3.24. The van der Waals surface area contributed by atoms with E-state index in [4.69, 9.17) is 4.74 Å². The summed E-state index contributed by atoms with van der Waals surface area (Å²) in [6.45, 7) is 6.43. The Morgan fingerprint density at radius 1 is 1.53 bits per heavy atom. The van der Waals surface area contributed by atoms with Gasteiger partial charge in [0, 0.05) is 6.04 Å². The number of hydrogen-bond donors (Lipinski definition) is 1. The lowest BCUT2D eigenvalue weighted by molar-refractivity contribution is 0.351. The monoisotopic (exact) mass is 231 g/mol. The molecule has 1 atom stereocenters. The van der Waals surface area contributed by atoms with Gasteiger partial charge in [0.2, 0.25) is 0 Å². The maximum Gasteiger partial charge on any atom is 0.120 e. The molecule has 1 aliphatic rings. The maximum absolute atomic E-state index is 5.70. The Labute approximate surface area is 104 Å². The number of fused-ring (bicyclic) bond motifs is 1. The van der Waals surface area contributed by atoms with Crippen molar-refractivity contribution in [3.05, 3.63) is 41.5 Å². The van der Waals surface area contributed by atoms with Crippen molar-refractivity contribution in [1.82, 2.24) is 5.32 Å². The fourth-order valence-electron chi connectivity index (χ4n) is 2.37. The Hall–Kier alpha value is -1.28. The molecule has 0 saturated carbocycles. The third-order valence-corrected chi connectivity index (χ3v) is 3.27. The third-order valence-electron chi connectivity index (χ3n) is 3.27. The molecule has 17 heavy (non-hydrogen) atoms. The van der Waals surface area contributed by atoms with Crippen molar-refractivity contribution in [1.29, 1.82) is 0 Å². The van der Waals surface area contributed by atoms with E-state index in [1.807, 2.05) is 14.0 Å². The van der Waals surface area contributed by atoms with Gasteiger partial charge >= 0.3 is 0 Å². The number of ether oxygens (including phenoxy) is 1. The van der Waals surface area contributed by atoms with Gasteiger partial charge in [-0.2, -0.15) is 0 Å². The first-order valence-electron chi connectivity index (χ1n) is 6.28. The molecule has 92 valence electrons. The molecule has 0 radical (unpaired) electrons. The first-order valence-corrected chi connectivity index (χ1v) is 6.28. The van der Waals surface area contributed by atoms with Crippen LogP contribution >= 0.6 is 0 Å². The van der Waals surface area contributed by atoms with Gasteiger partial charge in [-0.05, 0) is 62.1 Å². The van der Waals surface area contributed by atoms with Crippen molar-refractivity contribution in [3.8, 4) is 5.75 Å². The second-order valence-electron chi connectivity index (χ2n) is 4.84. The van der Waals surface area contributed by atoms with Gasteiger partial charge in [-0.1, -0.05) is 12.6 Å². The molecular formula is C15H21NO. The lowest BCUT2D eigenvalue weighted by Gasteiger charge is -2.25. The standard InChI is InChI=1S/C15H21NO/c1-11(2)10-17-13-8-7-12-5-4-6-15(16-3)14(12)9-13/h7-9,15-16H,1,4-6,10H2,2-3H3. The minimum Gasteiger partial charge on any atom is -0.489 e. The van der Waals surface area contributed by atoms with E-state index < -0.39 is 0 Å². The molecule has 0 spiro atoms. The van der Waals surface area contributed by atoms with Crippen LogP contribution in [0.3, 0.4) is 0 Å². The maximum atomic E-state index is 5.70. The first-order chi connectivity index (χ1) is 8.20. The minimum atomic E-state index is 0.479. The molecular weight excluding hydrogens is 210 g/mol. The quantitative estimate of drug-likeness (QED) is 0.803. The van der Waals surface area contributed by atoms with Crippen molar-refractivity contribution in [3.63, 3.8) is 0 Å². The molecule has 1 aromatic carbocycles. The number of rotatable bonds is 4. The summed E-state index contributed by atoms with van der Waals surface area (Å²) in [5, 5.41) is 3.38. The summed E-state index contributed by atoms with van der Waals surface area (Å²) in [5.74, 6) is 0.953. The molecule has 0 heterocycles. The second kappa shape index (κ2) is 5.37. The normalized spacial score (nSPS) is 18.6. The van der Waals surface area contributed by atoms with Crippen LogP contribution < -0.4 is 10.1 Å². The van der Waals surface area contributed by atoms with Gasteiger partial charge in [-0.3, -0.25) is 0 Å². The molecule has 1 aliphatic carbocycles. The molecule has 2 nitrogen and oxygen atoms in total. The van der Waals surface area contributed by atoms with Crippen molar-refractivity contribution >= 4 is 0 Å². The smallest absolute Gasteiger partial charge is 0.120 e. The Kier molecular flexibility index (Phi) is 3.85. The average molecular weight is 231 g/mol. The van der Waals surface area contributed by atoms with E-state index in [2.05, 4.69) is 30.1 Å². The van der Waals surface area contributed by atoms with E-state index in [9.17, 15) is 0 Å². The van der Waals surface area contributed by atoms with Crippen LogP contribution in [0.15, 0.2) is 30.4 Å². The minimum absolute atomic E-state index is 0.479. The second-order valence-corrected chi connectivity index (χ2v) is 4.84. The zero-order valence-electron chi connectivity index (χ0n) is 10.8. The summed E-state index contributed by atoms with van der Waals surface area (Å²) in [5.41, 5.74) is 3.91. The largest absolute Gasteiger partial charge is 0.489 e. The molecule has 1 N–H and O–H groups in total. The number of aryl methyl sites for hydroxylation is 1. The molecule has 0 aliphatic heterocycles. The van der Waals surface area contributed by atoms with Crippen LogP contribution in [0.25, 0.3) is 0 Å². The average Bonchev–Trinajstić information content (AvgIpc) is 2.35. The van der Waals surface area contributed by atoms with Crippen LogP contribution in [-0.2, 0) is 6.42 Å². The van der Waals surface area contributed by atoms with Gasteiger partial charge in [-0.25, -0.2) is 0 Å². The molecule has 2 rings (SSSR count). The lowest BCUT2D eigenvalue weighted by Crippen LogP contribution is -2.21. The molecule has 0 saturated heterocycles. The summed E-state index contributed by atoms with van der Waals surface area (Å²) in [4.78, 5) is 0. The van der Waals surface area contributed by atoms with Crippen molar-refractivity contribution in [2.24, 2.45) is 0 Å². The SMILES string of the molecule is C=C(C)COc1ccc2c(c1)C(NC)CCC2. The van der Waals surface area contributed by atoms with Gasteiger partial charge in [0.1, 0.15) is 12.4 Å². The molecule has 2 heteroatoms. The lowest BCUT2D eigenvalue weighted by atomic mass is 9.87. The highest BCUT2D eigenvalue weighted by Gasteiger charge is 2.18. The number of nitrogens with one attached hydrogen (secondary N) is 1. The van der Waals surface area contributed by atoms with E-state index in [1.165, 1.54) is 30.4 Å². The van der Waals surface area contributed by atoms with E-state index in [0.717, 1.165) is 11.3 Å². The van der Waals surface area contributed by atoms with E-state index in [1.54, 1.807) is 0 Å². The topological polar surface area (TPSA) is 21.3 Å². The zero-order valence-corrected chi connectivity index (χ0v) is 10.8. The summed E-state index contributed by atoms with van der Waals surface area (Å²) in [7, 11) is 2.03. The fourth-order valence-corrected chi connectivity index (χ4v) is 2.37. The van der Waals surface area contributed by atoms with Crippen molar-refractivity contribution in [2.45, 2.75) is 32.2 Å². The highest BCUT2D eigenvalue weighted by Crippen LogP contribution is 2.32. The molecule has 0 fully saturated rings. The Morgan fingerprint density at radius 3 is 3.06 bits per heavy atom. The summed E-state index contributed by atoms with van der Waals surface area (Å²) in [6, 6.07) is 6.93. The third kappa shape index (κ3) is 2.89. The van der Waals surface area contributed by atoms with Gasteiger partial charge in [0.05, 0.1) is 0 Å². The van der Waals surface area contributed by atoms with E-state index in [-0.39, 0.29) is 0 Å². The van der Waals surface area contributed by atoms with Gasteiger partial charge in [-0.15, -0.1) is 0 Å². The fraction of sp³-hybridized carbons (Fsp3) is 0.467. The van der Waals surface area contributed by atoms with Crippen molar-refractivity contribution < 1.29 is 4.74 Å². The Balaban J connectivity index is 2.18. The predicted molar refractivity (Wildman–Crippen MR) is 71.5 cm³/mol. The van der Waals surface area contributed by atoms with E-state index >= 15 is 0 Å². The summed E-state index contributed by atoms with van der Waals surface area (Å²) in [6.07, 6.45) is 3.67. The highest BCUT2D eigenvalue weighted by molar-refractivity contribution is 5.39. The summed E-state index contributed by atoms with van der Waals surface area (Å²) >= 11 is 0. The van der Waals surface area contributed by atoms with E-state index in [0.29, 0.717) is 12.6 Å².